The Morgan fingerprint density at radius 3 is 2.53 bits per heavy atom. The van der Waals surface area contributed by atoms with E-state index in [1.165, 1.54) is 0 Å². The van der Waals surface area contributed by atoms with Gasteiger partial charge in [0.15, 0.2) is 0 Å². The molecule has 1 aromatic heterocycles. The second-order valence-electron chi connectivity index (χ2n) is 3.05. The number of pyridine rings is 1. The van der Waals surface area contributed by atoms with Crippen LogP contribution in [0.15, 0.2) is 53.1 Å². The number of hydrogen-bond acceptors (Lipinski definition) is 2. The third kappa shape index (κ3) is 2.30. The molecule has 1 aromatic carbocycles. The van der Waals surface area contributed by atoms with Crippen molar-refractivity contribution >= 4 is 21.7 Å². The van der Waals surface area contributed by atoms with Gasteiger partial charge in [0.25, 0.3) is 0 Å². The second-order valence-corrected chi connectivity index (χ2v) is 3.97. The van der Waals surface area contributed by atoms with Crippen molar-refractivity contribution < 1.29 is 4.79 Å². The summed E-state index contributed by atoms with van der Waals surface area (Å²) in [5.41, 5.74) is 1.11. The van der Waals surface area contributed by atoms with Gasteiger partial charge in [-0.1, -0.05) is 46.3 Å². The largest absolute Gasteiger partial charge is 0.287 e. The van der Waals surface area contributed by atoms with Crippen molar-refractivity contribution in [3.63, 3.8) is 0 Å². The van der Waals surface area contributed by atoms with Gasteiger partial charge < -0.3 is 0 Å². The first-order valence-electron chi connectivity index (χ1n) is 4.48. The van der Waals surface area contributed by atoms with E-state index < -0.39 is 0 Å². The van der Waals surface area contributed by atoms with Crippen LogP contribution in [0, 0.1) is 0 Å². The number of carbonyl (C=O) groups is 1. The Balaban J connectivity index is 2.37. The predicted octanol–water partition coefficient (Wildman–Crippen LogP) is 3.08. The molecule has 74 valence electrons. The summed E-state index contributed by atoms with van der Waals surface area (Å²) in [4.78, 5) is 16.0. The number of benzene rings is 1. The van der Waals surface area contributed by atoms with Crippen LogP contribution in [0.3, 0.4) is 0 Å². The Morgan fingerprint density at radius 1 is 1.13 bits per heavy atom. The number of carbonyl (C=O) groups excluding carboxylic acids is 1. The quantitative estimate of drug-likeness (QED) is 0.778. The number of halogens is 1. The Bertz CT molecular complexity index is 482. The lowest BCUT2D eigenvalue weighted by Crippen LogP contribution is -2.03. The Morgan fingerprint density at radius 2 is 1.87 bits per heavy atom. The summed E-state index contributed by atoms with van der Waals surface area (Å²) in [5.74, 6) is -0.0584. The maximum Gasteiger partial charge on any atom is 0.211 e. The van der Waals surface area contributed by atoms with Gasteiger partial charge in [0.1, 0.15) is 5.69 Å². The molecule has 0 aliphatic heterocycles. The van der Waals surface area contributed by atoms with Crippen LogP contribution in [0.25, 0.3) is 0 Å². The lowest BCUT2D eigenvalue weighted by atomic mass is 10.1. The number of rotatable bonds is 2. The summed E-state index contributed by atoms with van der Waals surface area (Å²) in [7, 11) is 0. The van der Waals surface area contributed by atoms with Gasteiger partial charge in [-0.05, 0) is 12.1 Å². The topological polar surface area (TPSA) is 30.0 Å². The van der Waals surface area contributed by atoms with Gasteiger partial charge in [-0.3, -0.25) is 9.78 Å². The lowest BCUT2D eigenvalue weighted by molar-refractivity contribution is 0.103. The van der Waals surface area contributed by atoms with Gasteiger partial charge in [0, 0.05) is 16.2 Å². The molecular formula is C12H8BrNO. The molecule has 0 unspecified atom stereocenters. The predicted molar refractivity (Wildman–Crippen MR) is 61.8 cm³/mol. The first kappa shape index (κ1) is 10.1. The van der Waals surface area contributed by atoms with Crippen molar-refractivity contribution in [1.29, 1.82) is 0 Å². The van der Waals surface area contributed by atoms with E-state index in [2.05, 4.69) is 20.9 Å². The summed E-state index contributed by atoms with van der Waals surface area (Å²) in [6.45, 7) is 0. The Kier molecular flexibility index (Phi) is 2.92. The smallest absolute Gasteiger partial charge is 0.211 e. The maximum absolute atomic E-state index is 11.9. The molecule has 0 aliphatic carbocycles. The molecule has 2 nitrogen and oxygen atoms in total. The molecule has 0 spiro atoms. The van der Waals surface area contributed by atoms with E-state index in [1.807, 2.05) is 18.2 Å². The summed E-state index contributed by atoms with van der Waals surface area (Å²) >= 11 is 3.31. The zero-order valence-corrected chi connectivity index (χ0v) is 9.44. The van der Waals surface area contributed by atoms with Crippen LogP contribution >= 0.6 is 15.9 Å². The van der Waals surface area contributed by atoms with E-state index in [0.29, 0.717) is 11.3 Å². The van der Waals surface area contributed by atoms with Crippen molar-refractivity contribution in [2.75, 3.05) is 0 Å². The van der Waals surface area contributed by atoms with Crippen LogP contribution in [-0.2, 0) is 0 Å². The third-order valence-corrected chi connectivity index (χ3v) is 2.48. The van der Waals surface area contributed by atoms with Crippen molar-refractivity contribution in [2.45, 2.75) is 0 Å². The van der Waals surface area contributed by atoms with E-state index in [0.717, 1.165) is 4.47 Å². The highest BCUT2D eigenvalue weighted by molar-refractivity contribution is 9.10. The summed E-state index contributed by atoms with van der Waals surface area (Å²) in [6, 6.07) is 12.6. The van der Waals surface area contributed by atoms with Crippen LogP contribution in [0.5, 0.6) is 0 Å². The molecule has 0 amide bonds. The normalized spacial score (nSPS) is 9.93. The van der Waals surface area contributed by atoms with Crippen molar-refractivity contribution in [3.8, 4) is 0 Å². The van der Waals surface area contributed by atoms with E-state index in [1.54, 1.807) is 30.5 Å². The molecule has 0 radical (unpaired) electrons. The summed E-state index contributed by atoms with van der Waals surface area (Å²) < 4.78 is 0.858. The number of hydrogen-bond donors (Lipinski definition) is 0. The lowest BCUT2D eigenvalue weighted by Gasteiger charge is -1.99. The van der Waals surface area contributed by atoms with Gasteiger partial charge in [-0.2, -0.15) is 0 Å². The van der Waals surface area contributed by atoms with Crippen LogP contribution in [0.2, 0.25) is 0 Å². The number of aromatic nitrogens is 1. The molecular weight excluding hydrogens is 254 g/mol. The molecule has 2 rings (SSSR count). The van der Waals surface area contributed by atoms with Gasteiger partial charge in [0.2, 0.25) is 5.78 Å². The minimum atomic E-state index is -0.0584. The number of ketones is 1. The molecule has 0 aliphatic rings. The van der Waals surface area contributed by atoms with Gasteiger partial charge in [-0.15, -0.1) is 0 Å². The van der Waals surface area contributed by atoms with Crippen molar-refractivity contribution in [3.05, 3.63) is 64.4 Å². The molecule has 0 fully saturated rings. The van der Waals surface area contributed by atoms with Crippen LogP contribution in [0.1, 0.15) is 16.1 Å². The molecule has 0 saturated heterocycles. The maximum atomic E-state index is 11.9. The monoisotopic (exact) mass is 261 g/mol. The van der Waals surface area contributed by atoms with E-state index in [-0.39, 0.29) is 5.78 Å². The summed E-state index contributed by atoms with van der Waals surface area (Å²) in [6.07, 6.45) is 1.61. The van der Waals surface area contributed by atoms with Crippen molar-refractivity contribution in [1.82, 2.24) is 4.98 Å². The average Bonchev–Trinajstić information content (AvgIpc) is 2.29. The van der Waals surface area contributed by atoms with E-state index in [4.69, 9.17) is 0 Å². The summed E-state index contributed by atoms with van der Waals surface area (Å²) in [5, 5.41) is 0. The minimum absolute atomic E-state index is 0.0584. The van der Waals surface area contributed by atoms with Crippen molar-refractivity contribution in [2.24, 2.45) is 0 Å². The molecule has 3 heteroatoms. The SMILES string of the molecule is O=C(c1ccccc1)c1cc(Br)ccn1. The van der Waals surface area contributed by atoms with Crippen LogP contribution in [0.4, 0.5) is 0 Å². The molecule has 0 bridgehead atoms. The van der Waals surface area contributed by atoms with Gasteiger partial charge in [0.05, 0.1) is 0 Å². The Hall–Kier alpha value is -1.48. The fourth-order valence-corrected chi connectivity index (χ4v) is 1.60. The molecule has 0 atom stereocenters. The number of nitrogens with zero attached hydrogens (tertiary/aromatic N) is 1. The average molecular weight is 262 g/mol. The first-order chi connectivity index (χ1) is 7.27. The van der Waals surface area contributed by atoms with Crippen LogP contribution in [-0.4, -0.2) is 10.8 Å². The van der Waals surface area contributed by atoms with E-state index in [9.17, 15) is 4.79 Å². The minimum Gasteiger partial charge on any atom is -0.287 e. The van der Waals surface area contributed by atoms with Crippen LogP contribution < -0.4 is 0 Å². The second kappa shape index (κ2) is 4.36. The molecule has 0 N–H and O–H groups in total. The zero-order chi connectivity index (χ0) is 10.7. The van der Waals surface area contributed by atoms with E-state index >= 15 is 0 Å². The third-order valence-electron chi connectivity index (χ3n) is 1.99. The highest BCUT2D eigenvalue weighted by Gasteiger charge is 2.09. The Labute approximate surface area is 96.1 Å². The fourth-order valence-electron chi connectivity index (χ4n) is 1.27. The molecule has 1 heterocycles. The zero-order valence-electron chi connectivity index (χ0n) is 7.85. The first-order valence-corrected chi connectivity index (χ1v) is 5.28. The highest BCUT2D eigenvalue weighted by atomic mass is 79.9. The highest BCUT2D eigenvalue weighted by Crippen LogP contribution is 2.12. The van der Waals surface area contributed by atoms with Gasteiger partial charge >= 0.3 is 0 Å². The fraction of sp³-hybridized carbons (Fsp3) is 0. The standard InChI is InChI=1S/C12H8BrNO/c13-10-6-7-14-11(8-10)12(15)9-4-2-1-3-5-9/h1-8H. The van der Waals surface area contributed by atoms with Gasteiger partial charge in [-0.25, -0.2) is 0 Å². The molecule has 0 saturated carbocycles. The molecule has 15 heavy (non-hydrogen) atoms. The molecule has 2 aromatic rings.